The fourth-order valence-electron chi connectivity index (χ4n) is 3.26. The highest BCUT2D eigenvalue weighted by Crippen LogP contribution is 2.25. The van der Waals surface area contributed by atoms with Crippen molar-refractivity contribution in [2.45, 2.75) is 13.1 Å². The van der Waals surface area contributed by atoms with Crippen LogP contribution >= 0.6 is 23.2 Å². The van der Waals surface area contributed by atoms with Crippen LogP contribution in [0, 0.1) is 0 Å². The first kappa shape index (κ1) is 18.3. The number of aromatic nitrogens is 3. The number of carbonyl (C=O) groups is 1. The number of hydrogen-bond acceptors (Lipinski definition) is 4. The maximum atomic E-state index is 12.7. The molecule has 2 amide bonds. The molecule has 2 aliphatic rings. The van der Waals surface area contributed by atoms with Gasteiger partial charge < -0.3 is 19.1 Å². The van der Waals surface area contributed by atoms with E-state index in [9.17, 15) is 4.79 Å². The Balaban J connectivity index is 1.50. The number of rotatable bonds is 2. The lowest BCUT2D eigenvalue weighted by atomic mass is 10.2. The minimum atomic E-state index is 0.0228. The molecule has 9 heteroatoms. The van der Waals surface area contributed by atoms with Crippen molar-refractivity contribution in [3.63, 3.8) is 0 Å². The fourth-order valence-corrected chi connectivity index (χ4v) is 3.72. The normalized spacial score (nSPS) is 17.8. The lowest BCUT2D eigenvalue weighted by Crippen LogP contribution is -2.50. The number of urea groups is 1. The van der Waals surface area contributed by atoms with Crippen LogP contribution in [0.5, 0.6) is 0 Å². The van der Waals surface area contributed by atoms with E-state index in [2.05, 4.69) is 10.2 Å². The third-order valence-corrected chi connectivity index (χ3v) is 5.17. The van der Waals surface area contributed by atoms with Crippen LogP contribution in [-0.2, 0) is 17.8 Å². The monoisotopic (exact) mass is 407 g/mol. The van der Waals surface area contributed by atoms with Crippen LogP contribution in [0.25, 0.3) is 11.1 Å². The summed E-state index contributed by atoms with van der Waals surface area (Å²) in [5, 5.41) is 9.61. The Morgan fingerprint density at radius 3 is 2.70 bits per heavy atom. The van der Waals surface area contributed by atoms with Crippen molar-refractivity contribution in [3.8, 4) is 0 Å². The molecule has 7 nitrogen and oxygen atoms in total. The smallest absolute Gasteiger partial charge is 0.320 e. The lowest BCUT2D eigenvalue weighted by molar-refractivity contribution is 0.0408. The summed E-state index contributed by atoms with van der Waals surface area (Å²) in [5.74, 6) is 1.33. The summed E-state index contributed by atoms with van der Waals surface area (Å²) in [7, 11) is 0. The summed E-state index contributed by atoms with van der Waals surface area (Å²) in [4.78, 5) is 16.3. The summed E-state index contributed by atoms with van der Waals surface area (Å²) in [6.07, 6.45) is 1.82. The third-order valence-electron chi connectivity index (χ3n) is 4.66. The number of ether oxygens (including phenoxy) is 1. The number of amides is 2. The highest BCUT2D eigenvalue weighted by atomic mass is 35.5. The zero-order valence-electron chi connectivity index (χ0n) is 14.6. The first-order valence-electron chi connectivity index (χ1n) is 8.78. The molecule has 1 saturated heterocycles. The van der Waals surface area contributed by atoms with Gasteiger partial charge in [-0.05, 0) is 23.8 Å². The summed E-state index contributed by atoms with van der Waals surface area (Å²) >= 11 is 12.5. The SMILES string of the molecule is O=C(N1CCOCC1)N1CCn2c(nnc2/C(Cl)=C/c2cccc(Cl)c2)C1. The van der Waals surface area contributed by atoms with Gasteiger partial charge in [-0.1, -0.05) is 35.3 Å². The molecule has 1 fully saturated rings. The molecular formula is C18H19Cl2N5O2. The van der Waals surface area contributed by atoms with Gasteiger partial charge in [-0.25, -0.2) is 4.79 Å². The van der Waals surface area contributed by atoms with E-state index < -0.39 is 0 Å². The van der Waals surface area contributed by atoms with Crippen LogP contribution in [0.1, 0.15) is 17.2 Å². The number of hydrogen-bond donors (Lipinski definition) is 0. The van der Waals surface area contributed by atoms with E-state index >= 15 is 0 Å². The maximum Gasteiger partial charge on any atom is 0.320 e. The van der Waals surface area contributed by atoms with E-state index in [0.29, 0.717) is 61.8 Å². The number of morpholine rings is 1. The maximum absolute atomic E-state index is 12.7. The molecule has 0 spiro atoms. The Morgan fingerprint density at radius 2 is 1.93 bits per heavy atom. The number of fused-ring (bicyclic) bond motifs is 1. The van der Waals surface area contributed by atoms with Gasteiger partial charge in [0.15, 0.2) is 11.6 Å². The molecular weight excluding hydrogens is 389 g/mol. The molecule has 0 aliphatic carbocycles. The Morgan fingerprint density at radius 1 is 1.11 bits per heavy atom. The van der Waals surface area contributed by atoms with Crippen molar-refractivity contribution >= 4 is 40.3 Å². The van der Waals surface area contributed by atoms with Crippen molar-refractivity contribution in [1.82, 2.24) is 24.6 Å². The molecule has 2 aliphatic heterocycles. The first-order chi connectivity index (χ1) is 13.1. The molecule has 142 valence electrons. The molecule has 1 aromatic heterocycles. The molecule has 27 heavy (non-hydrogen) atoms. The lowest BCUT2D eigenvalue weighted by Gasteiger charge is -2.34. The topological polar surface area (TPSA) is 63.5 Å². The molecule has 0 N–H and O–H groups in total. The molecule has 1 aromatic carbocycles. The van der Waals surface area contributed by atoms with Gasteiger partial charge in [0.1, 0.15) is 0 Å². The van der Waals surface area contributed by atoms with Crippen molar-refractivity contribution < 1.29 is 9.53 Å². The number of carbonyl (C=O) groups excluding carboxylic acids is 1. The molecule has 2 aromatic rings. The average molecular weight is 408 g/mol. The molecule has 3 heterocycles. The van der Waals surface area contributed by atoms with Gasteiger partial charge in [-0.3, -0.25) is 0 Å². The zero-order chi connectivity index (χ0) is 18.8. The highest BCUT2D eigenvalue weighted by molar-refractivity contribution is 6.50. The van der Waals surface area contributed by atoms with Crippen molar-refractivity contribution in [1.29, 1.82) is 0 Å². The van der Waals surface area contributed by atoms with E-state index in [1.54, 1.807) is 4.90 Å². The number of halogens is 2. The van der Waals surface area contributed by atoms with Crippen LogP contribution in [0.4, 0.5) is 4.79 Å². The van der Waals surface area contributed by atoms with E-state index in [1.165, 1.54) is 0 Å². The minimum absolute atomic E-state index is 0.0228. The van der Waals surface area contributed by atoms with Crippen LogP contribution < -0.4 is 0 Å². The molecule has 0 atom stereocenters. The number of nitrogens with zero attached hydrogens (tertiary/aromatic N) is 5. The molecule has 0 radical (unpaired) electrons. The van der Waals surface area contributed by atoms with Gasteiger partial charge in [0, 0.05) is 31.2 Å². The Hall–Kier alpha value is -2.09. The quantitative estimate of drug-likeness (QED) is 0.767. The fraction of sp³-hybridized carbons (Fsp3) is 0.389. The third kappa shape index (κ3) is 3.95. The van der Waals surface area contributed by atoms with Crippen LogP contribution in [0.3, 0.4) is 0 Å². The molecule has 4 rings (SSSR count). The predicted octanol–water partition coefficient (Wildman–Crippen LogP) is 2.94. The second-order valence-corrected chi connectivity index (χ2v) is 7.29. The Labute approximate surface area is 167 Å². The van der Waals surface area contributed by atoms with Gasteiger partial charge in [0.25, 0.3) is 0 Å². The van der Waals surface area contributed by atoms with E-state index in [-0.39, 0.29) is 6.03 Å². The van der Waals surface area contributed by atoms with E-state index in [4.69, 9.17) is 27.9 Å². The average Bonchev–Trinajstić information content (AvgIpc) is 3.11. The summed E-state index contributed by atoms with van der Waals surface area (Å²) in [6.45, 7) is 4.05. The van der Waals surface area contributed by atoms with Gasteiger partial charge in [0.2, 0.25) is 0 Å². The van der Waals surface area contributed by atoms with Crippen molar-refractivity contribution in [2.24, 2.45) is 0 Å². The summed E-state index contributed by atoms with van der Waals surface area (Å²) in [5.41, 5.74) is 0.893. The number of benzene rings is 1. The van der Waals surface area contributed by atoms with E-state index in [1.807, 2.05) is 39.8 Å². The highest BCUT2D eigenvalue weighted by Gasteiger charge is 2.28. The largest absolute Gasteiger partial charge is 0.378 e. The molecule has 0 bridgehead atoms. The first-order valence-corrected chi connectivity index (χ1v) is 9.54. The predicted molar refractivity (Wildman–Crippen MR) is 103 cm³/mol. The van der Waals surface area contributed by atoms with Gasteiger partial charge >= 0.3 is 6.03 Å². The summed E-state index contributed by atoms with van der Waals surface area (Å²) < 4.78 is 7.28. The second kappa shape index (κ2) is 7.88. The minimum Gasteiger partial charge on any atom is -0.378 e. The zero-order valence-corrected chi connectivity index (χ0v) is 16.2. The molecule has 0 saturated carbocycles. The van der Waals surface area contributed by atoms with Crippen LogP contribution in [0.2, 0.25) is 5.02 Å². The Kier molecular flexibility index (Phi) is 5.33. The summed E-state index contributed by atoms with van der Waals surface area (Å²) in [6, 6.07) is 7.46. The van der Waals surface area contributed by atoms with Crippen LogP contribution in [-0.4, -0.2) is 63.4 Å². The Bertz CT molecular complexity index is 876. The standard InChI is InChI=1S/C18H19Cl2N5O2/c19-14-3-1-2-13(10-14)11-15(20)17-22-21-16-12-24(4-5-25(16)17)18(26)23-6-8-27-9-7-23/h1-3,10-11H,4-9,12H2/b15-11-. The molecule has 0 unspecified atom stereocenters. The van der Waals surface area contributed by atoms with Crippen molar-refractivity contribution in [2.75, 3.05) is 32.8 Å². The van der Waals surface area contributed by atoms with E-state index in [0.717, 1.165) is 11.4 Å². The second-order valence-electron chi connectivity index (χ2n) is 6.44. The van der Waals surface area contributed by atoms with Gasteiger partial charge in [0.05, 0.1) is 24.8 Å². The van der Waals surface area contributed by atoms with Crippen LogP contribution in [0.15, 0.2) is 24.3 Å². The van der Waals surface area contributed by atoms with Gasteiger partial charge in [-0.2, -0.15) is 0 Å². The van der Waals surface area contributed by atoms with Gasteiger partial charge in [-0.15, -0.1) is 10.2 Å². The van der Waals surface area contributed by atoms with Crippen molar-refractivity contribution in [3.05, 3.63) is 46.5 Å².